The zero-order valence-corrected chi connectivity index (χ0v) is 23.3. The quantitative estimate of drug-likeness (QED) is 0.251. The molecule has 1 N–H and O–H groups in total. The number of para-hydroxylation sites is 1. The maximum absolute atomic E-state index is 13.1. The molecule has 16 heteroatoms. The Morgan fingerprint density at radius 2 is 1.90 bits per heavy atom. The standard InChI is InChI=1S/C24H22F3N5O5S3/c1-30(40(35,36)19-6-3-11-38-19)18-5-2-4-15-12-17(29-20(15)18)21-28-13-16(39-21)14-31-7-9-32(10-8-31)23(34)37-22(33)24(25,26)27/h2-6,11-13,29H,7-10,14H2,1H3. The van der Waals surface area contributed by atoms with Crippen LogP contribution in [-0.4, -0.2) is 79.7 Å². The van der Waals surface area contributed by atoms with Crippen LogP contribution < -0.4 is 4.31 Å². The van der Waals surface area contributed by atoms with E-state index in [9.17, 15) is 31.2 Å². The summed E-state index contributed by atoms with van der Waals surface area (Å²) in [5, 5.41) is 3.24. The summed E-state index contributed by atoms with van der Waals surface area (Å²) in [6, 6.07) is 10.6. The van der Waals surface area contributed by atoms with Crippen molar-refractivity contribution in [2.75, 3.05) is 37.5 Å². The molecule has 1 aromatic carbocycles. The number of aromatic amines is 1. The van der Waals surface area contributed by atoms with Crippen molar-refractivity contribution in [3.05, 3.63) is 52.9 Å². The van der Waals surface area contributed by atoms with Crippen molar-refractivity contribution in [3.63, 3.8) is 0 Å². The van der Waals surface area contributed by atoms with Crippen LogP contribution in [0.4, 0.5) is 23.7 Å². The van der Waals surface area contributed by atoms with Crippen LogP contribution in [0.3, 0.4) is 0 Å². The summed E-state index contributed by atoms with van der Waals surface area (Å²) >= 11 is 2.59. The Hall–Kier alpha value is -3.47. The fraction of sp³-hybridized carbons (Fsp3) is 0.292. The van der Waals surface area contributed by atoms with Gasteiger partial charge in [0.15, 0.2) is 0 Å². The van der Waals surface area contributed by atoms with Crippen LogP contribution in [0.25, 0.3) is 21.6 Å². The van der Waals surface area contributed by atoms with Gasteiger partial charge in [-0.1, -0.05) is 18.2 Å². The van der Waals surface area contributed by atoms with Crippen LogP contribution in [0.5, 0.6) is 0 Å². The van der Waals surface area contributed by atoms with Crippen molar-refractivity contribution in [2.45, 2.75) is 16.9 Å². The Kier molecular flexibility index (Phi) is 7.60. The van der Waals surface area contributed by atoms with E-state index in [4.69, 9.17) is 0 Å². The molecule has 3 aromatic heterocycles. The van der Waals surface area contributed by atoms with Crippen LogP contribution in [-0.2, 0) is 26.1 Å². The average Bonchev–Trinajstić information content (AvgIpc) is 3.69. The highest BCUT2D eigenvalue weighted by atomic mass is 32.2. The Bertz CT molecular complexity index is 1640. The molecule has 1 fully saturated rings. The third-order valence-electron chi connectivity index (χ3n) is 6.29. The van der Waals surface area contributed by atoms with Crippen LogP contribution in [0.15, 0.2) is 52.2 Å². The SMILES string of the molecule is CN(c1cccc2cc(-c3ncc(CN4CCN(C(=O)OC(=O)C(F)(F)F)CC4)s3)[nH]c12)S(=O)(=O)c1cccs1. The number of nitrogens with zero attached hydrogens (tertiary/aromatic N) is 4. The van der Waals surface area contributed by atoms with Gasteiger partial charge < -0.3 is 14.6 Å². The fourth-order valence-corrected chi connectivity index (χ4v) is 7.50. The molecule has 4 aromatic rings. The Labute approximate surface area is 234 Å². The average molecular weight is 614 g/mol. The highest BCUT2D eigenvalue weighted by Crippen LogP contribution is 2.35. The largest absolute Gasteiger partial charge is 0.491 e. The number of alkyl halides is 3. The summed E-state index contributed by atoms with van der Waals surface area (Å²) in [6.45, 7) is 1.49. The lowest BCUT2D eigenvalue weighted by Crippen LogP contribution is -2.49. The first kappa shape index (κ1) is 28.1. The molecule has 0 atom stereocenters. The minimum Gasteiger partial charge on any atom is -0.369 e. The van der Waals surface area contributed by atoms with Gasteiger partial charge in [0.25, 0.3) is 10.0 Å². The third kappa shape index (κ3) is 5.70. The van der Waals surface area contributed by atoms with E-state index >= 15 is 0 Å². The number of ether oxygens (including phenoxy) is 1. The first-order valence-corrected chi connectivity index (χ1v) is 15.0. The number of hydrogen-bond donors (Lipinski definition) is 1. The molecule has 40 heavy (non-hydrogen) atoms. The molecule has 5 rings (SSSR count). The normalized spacial score (nSPS) is 14.9. The maximum Gasteiger partial charge on any atom is 0.491 e. The summed E-state index contributed by atoms with van der Waals surface area (Å²) in [4.78, 5) is 34.6. The molecule has 0 radical (unpaired) electrons. The van der Waals surface area contributed by atoms with Crippen LogP contribution in [0.1, 0.15) is 4.88 Å². The minimum absolute atomic E-state index is 0.113. The Morgan fingerprint density at radius 1 is 1.15 bits per heavy atom. The molecule has 1 aliphatic rings. The van der Waals surface area contributed by atoms with Gasteiger partial charge in [-0.05, 0) is 23.6 Å². The number of esters is 1. The predicted octanol–water partition coefficient (Wildman–Crippen LogP) is 4.52. The molecule has 0 bridgehead atoms. The monoisotopic (exact) mass is 613 g/mol. The van der Waals surface area contributed by atoms with Crippen molar-refractivity contribution >= 4 is 61.3 Å². The maximum atomic E-state index is 13.1. The second-order valence-corrected chi connectivity index (χ2v) is 13.1. The van der Waals surface area contributed by atoms with Gasteiger partial charge in [0, 0.05) is 56.2 Å². The van der Waals surface area contributed by atoms with Crippen molar-refractivity contribution in [1.82, 2.24) is 19.8 Å². The molecule has 0 unspecified atom stereocenters. The van der Waals surface area contributed by atoms with Gasteiger partial charge >= 0.3 is 18.2 Å². The lowest BCUT2D eigenvalue weighted by molar-refractivity contribution is -0.193. The van der Waals surface area contributed by atoms with Crippen molar-refractivity contribution in [3.8, 4) is 10.7 Å². The van der Waals surface area contributed by atoms with Crippen molar-refractivity contribution < 1.29 is 35.9 Å². The number of halogens is 3. The number of thiazole rings is 1. The summed E-state index contributed by atoms with van der Waals surface area (Å²) in [5.41, 5.74) is 1.88. The molecule has 0 spiro atoms. The molecule has 0 aliphatic carbocycles. The van der Waals surface area contributed by atoms with E-state index in [1.165, 1.54) is 22.7 Å². The number of sulfonamides is 1. The van der Waals surface area contributed by atoms with Crippen LogP contribution in [0, 0.1) is 0 Å². The number of piperazine rings is 1. The molecule has 10 nitrogen and oxygen atoms in total. The molecule has 212 valence electrons. The molecule has 1 saturated heterocycles. The zero-order chi connectivity index (χ0) is 28.7. The lowest BCUT2D eigenvalue weighted by atomic mass is 10.2. The minimum atomic E-state index is -5.23. The fourth-order valence-electron chi connectivity index (χ4n) is 4.21. The first-order valence-electron chi connectivity index (χ1n) is 11.8. The number of H-pyrrole nitrogens is 1. The number of aromatic nitrogens is 2. The summed E-state index contributed by atoms with van der Waals surface area (Å²) < 4.78 is 68.5. The number of hydrogen-bond acceptors (Lipinski definition) is 9. The van der Waals surface area contributed by atoms with Crippen molar-refractivity contribution in [2.24, 2.45) is 0 Å². The first-order chi connectivity index (χ1) is 18.9. The number of anilines is 1. The number of carbonyl (C=O) groups excluding carboxylic acids is 2. The van der Waals surface area contributed by atoms with E-state index < -0.39 is 28.3 Å². The van der Waals surface area contributed by atoms with Gasteiger partial charge in [-0.15, -0.1) is 22.7 Å². The van der Waals surface area contributed by atoms with Crippen molar-refractivity contribution in [1.29, 1.82) is 0 Å². The Balaban J connectivity index is 1.25. The lowest BCUT2D eigenvalue weighted by Gasteiger charge is -2.33. The number of nitrogens with one attached hydrogen (secondary N) is 1. The van der Waals surface area contributed by atoms with E-state index in [2.05, 4.69) is 14.7 Å². The topological polar surface area (TPSA) is 116 Å². The second kappa shape index (κ2) is 10.8. The highest BCUT2D eigenvalue weighted by molar-refractivity contribution is 7.94. The van der Waals surface area contributed by atoms with Gasteiger partial charge in [-0.2, -0.15) is 13.2 Å². The van der Waals surface area contributed by atoms with E-state index in [0.717, 1.165) is 32.2 Å². The van der Waals surface area contributed by atoms with E-state index in [1.807, 2.05) is 17.0 Å². The number of rotatable bonds is 6. The second-order valence-electron chi connectivity index (χ2n) is 8.88. The van der Waals surface area contributed by atoms with E-state index in [0.29, 0.717) is 35.8 Å². The van der Waals surface area contributed by atoms with Crippen LogP contribution in [0.2, 0.25) is 0 Å². The smallest absolute Gasteiger partial charge is 0.369 e. The van der Waals surface area contributed by atoms with E-state index in [1.54, 1.807) is 35.8 Å². The number of thiophene rings is 1. The van der Waals surface area contributed by atoms with Gasteiger partial charge in [0.1, 0.15) is 9.22 Å². The summed E-state index contributed by atoms with van der Waals surface area (Å²) in [7, 11) is -2.20. The molecular weight excluding hydrogens is 591 g/mol. The third-order valence-corrected chi connectivity index (χ3v) is 10.4. The number of carbonyl (C=O) groups is 2. The molecule has 0 saturated carbocycles. The Morgan fingerprint density at radius 3 is 2.58 bits per heavy atom. The van der Waals surface area contributed by atoms with Gasteiger partial charge in [-0.25, -0.2) is 23.0 Å². The summed E-state index contributed by atoms with van der Waals surface area (Å²) in [6.07, 6.45) is -4.82. The van der Waals surface area contributed by atoms with Gasteiger partial charge in [-0.3, -0.25) is 9.21 Å². The molecule has 1 amide bonds. The molecular formula is C24H22F3N5O5S3. The highest BCUT2D eigenvalue weighted by Gasteiger charge is 2.43. The van der Waals surface area contributed by atoms with E-state index in [-0.39, 0.29) is 17.3 Å². The van der Waals surface area contributed by atoms with Gasteiger partial charge in [0.2, 0.25) is 0 Å². The number of amides is 1. The van der Waals surface area contributed by atoms with Crippen LogP contribution >= 0.6 is 22.7 Å². The predicted molar refractivity (Wildman–Crippen MR) is 144 cm³/mol. The zero-order valence-electron chi connectivity index (χ0n) is 20.8. The number of fused-ring (bicyclic) bond motifs is 1. The summed E-state index contributed by atoms with van der Waals surface area (Å²) in [5.74, 6) is -2.53. The number of benzene rings is 1. The molecule has 4 heterocycles. The van der Waals surface area contributed by atoms with Gasteiger partial charge in [0.05, 0.1) is 16.9 Å². The molecule has 1 aliphatic heterocycles.